The number of rotatable bonds is 2. The zero-order chi connectivity index (χ0) is 21.7. The molecule has 0 unspecified atom stereocenters. The third kappa shape index (κ3) is 5.67. The lowest BCUT2D eigenvalue weighted by atomic mass is 10.1. The summed E-state index contributed by atoms with van der Waals surface area (Å²) in [5, 5.41) is 18.5. The fourth-order valence-electron chi connectivity index (χ4n) is 2.55. The molecule has 1 aliphatic rings. The van der Waals surface area contributed by atoms with Crippen LogP contribution < -0.4 is 21.7 Å². The van der Waals surface area contributed by atoms with Crippen LogP contribution in [0.5, 0.6) is 0 Å². The van der Waals surface area contributed by atoms with Gasteiger partial charge in [-0.05, 0) is 26.3 Å². The maximum atomic E-state index is 12.6. The van der Waals surface area contributed by atoms with Crippen LogP contribution in [0.25, 0.3) is 0 Å². The average Bonchev–Trinajstić information content (AvgIpc) is 2.65. The molecule has 0 aliphatic carbocycles. The van der Waals surface area contributed by atoms with E-state index in [1.165, 1.54) is 37.7 Å². The first-order chi connectivity index (χ1) is 13.6. The van der Waals surface area contributed by atoms with Crippen LogP contribution in [0.15, 0.2) is 23.1 Å². The van der Waals surface area contributed by atoms with Crippen molar-refractivity contribution in [1.29, 1.82) is 0 Å². The standard InChI is InChI=1S/C17H21N5O6S/c1-8-15(24)19-9(2)16(25)21-12(14(18)23)5-6-29-13-4-3-10(22(27)28)7-11(13)17(26)20-8/h3-4,7-9,12H,5-6H2,1-2H3,(H2,18,23)(H,19,24)(H,20,26)(H,21,25)/t8-,9-,12-/m0/s1. The van der Waals surface area contributed by atoms with Gasteiger partial charge in [0, 0.05) is 22.8 Å². The normalized spacial score (nSPS) is 23.7. The molecule has 156 valence electrons. The highest BCUT2D eigenvalue weighted by Crippen LogP contribution is 2.28. The van der Waals surface area contributed by atoms with Gasteiger partial charge in [0.15, 0.2) is 0 Å². The molecule has 0 spiro atoms. The molecule has 4 amide bonds. The van der Waals surface area contributed by atoms with Crippen LogP contribution in [0.1, 0.15) is 30.6 Å². The third-order valence-electron chi connectivity index (χ3n) is 4.24. The molecule has 0 fully saturated rings. The molecule has 3 atom stereocenters. The Labute approximate surface area is 170 Å². The molecule has 11 nitrogen and oxygen atoms in total. The van der Waals surface area contributed by atoms with Gasteiger partial charge in [-0.2, -0.15) is 0 Å². The van der Waals surface area contributed by atoms with E-state index in [2.05, 4.69) is 16.0 Å². The predicted molar refractivity (Wildman–Crippen MR) is 104 cm³/mol. The van der Waals surface area contributed by atoms with Crippen molar-refractivity contribution in [3.8, 4) is 0 Å². The lowest BCUT2D eigenvalue weighted by Gasteiger charge is -2.22. The van der Waals surface area contributed by atoms with Gasteiger partial charge in [0.2, 0.25) is 17.7 Å². The number of hydrogen-bond donors (Lipinski definition) is 4. The van der Waals surface area contributed by atoms with Crippen LogP contribution >= 0.6 is 11.8 Å². The number of nitrogens with one attached hydrogen (secondary N) is 3. The number of fused-ring (bicyclic) bond motifs is 1. The molecular weight excluding hydrogens is 402 g/mol. The Morgan fingerprint density at radius 1 is 1.14 bits per heavy atom. The van der Waals surface area contributed by atoms with Crippen molar-refractivity contribution in [2.24, 2.45) is 5.73 Å². The monoisotopic (exact) mass is 423 g/mol. The number of hydrogen-bond acceptors (Lipinski definition) is 7. The van der Waals surface area contributed by atoms with Crippen molar-refractivity contribution >= 4 is 41.1 Å². The van der Waals surface area contributed by atoms with Gasteiger partial charge < -0.3 is 21.7 Å². The fraction of sp³-hybridized carbons (Fsp3) is 0.412. The number of amides is 4. The Bertz CT molecular complexity index is 861. The van der Waals surface area contributed by atoms with Gasteiger partial charge >= 0.3 is 0 Å². The Balaban J connectivity index is 2.40. The van der Waals surface area contributed by atoms with Gasteiger partial charge in [-0.25, -0.2) is 0 Å². The molecule has 0 saturated heterocycles. The molecule has 0 bridgehead atoms. The minimum Gasteiger partial charge on any atom is -0.368 e. The number of nitro groups is 1. The molecule has 2 rings (SSSR count). The van der Waals surface area contributed by atoms with Crippen molar-refractivity contribution in [2.45, 2.75) is 43.3 Å². The first-order valence-electron chi connectivity index (χ1n) is 8.72. The summed E-state index contributed by atoms with van der Waals surface area (Å²) < 4.78 is 0. The topological polar surface area (TPSA) is 174 Å². The number of primary amides is 1. The zero-order valence-electron chi connectivity index (χ0n) is 15.8. The van der Waals surface area contributed by atoms with Crippen molar-refractivity contribution in [3.63, 3.8) is 0 Å². The van der Waals surface area contributed by atoms with E-state index >= 15 is 0 Å². The maximum absolute atomic E-state index is 12.6. The molecule has 0 aromatic heterocycles. The quantitative estimate of drug-likeness (QED) is 0.372. The summed E-state index contributed by atoms with van der Waals surface area (Å²) in [6.07, 6.45) is 0.168. The fourth-order valence-corrected chi connectivity index (χ4v) is 3.59. The van der Waals surface area contributed by atoms with Gasteiger partial charge in [-0.3, -0.25) is 29.3 Å². The second kappa shape index (κ2) is 9.37. The van der Waals surface area contributed by atoms with Crippen LogP contribution in [-0.4, -0.2) is 52.4 Å². The number of nitrogens with two attached hydrogens (primary N) is 1. The molecule has 1 heterocycles. The van der Waals surface area contributed by atoms with E-state index in [1.54, 1.807) is 0 Å². The van der Waals surface area contributed by atoms with E-state index in [0.717, 1.165) is 6.07 Å². The molecule has 12 heteroatoms. The number of carbonyl (C=O) groups is 4. The van der Waals surface area contributed by atoms with Gasteiger partial charge in [-0.1, -0.05) is 0 Å². The maximum Gasteiger partial charge on any atom is 0.270 e. The number of nitro benzene ring substituents is 1. The Hall–Kier alpha value is -3.15. The lowest BCUT2D eigenvalue weighted by molar-refractivity contribution is -0.384. The van der Waals surface area contributed by atoms with Gasteiger partial charge in [0.1, 0.15) is 18.1 Å². The summed E-state index contributed by atoms with van der Waals surface area (Å²) in [5.41, 5.74) is 5.11. The van der Waals surface area contributed by atoms with Crippen LogP contribution in [0.3, 0.4) is 0 Å². The largest absolute Gasteiger partial charge is 0.368 e. The molecule has 1 aromatic carbocycles. The average molecular weight is 423 g/mol. The predicted octanol–water partition coefficient (Wildman–Crippen LogP) is -0.316. The number of benzene rings is 1. The van der Waals surface area contributed by atoms with Crippen molar-refractivity contribution in [3.05, 3.63) is 33.9 Å². The van der Waals surface area contributed by atoms with Crippen LogP contribution in [0.2, 0.25) is 0 Å². The van der Waals surface area contributed by atoms with Gasteiger partial charge in [-0.15, -0.1) is 11.8 Å². The summed E-state index contributed by atoms with van der Waals surface area (Å²) in [7, 11) is 0. The second-order valence-electron chi connectivity index (χ2n) is 6.46. The molecule has 29 heavy (non-hydrogen) atoms. The van der Waals surface area contributed by atoms with E-state index in [-0.39, 0.29) is 17.7 Å². The third-order valence-corrected chi connectivity index (χ3v) is 5.34. The van der Waals surface area contributed by atoms with Gasteiger partial charge in [0.25, 0.3) is 11.6 Å². The van der Waals surface area contributed by atoms with Crippen molar-refractivity contribution in [1.82, 2.24) is 16.0 Å². The summed E-state index contributed by atoms with van der Waals surface area (Å²) in [5.74, 6) is -2.31. The molecule has 5 N–H and O–H groups in total. The van der Waals surface area contributed by atoms with Crippen LogP contribution in [0, 0.1) is 10.1 Å². The first kappa shape index (κ1) is 22.1. The number of non-ortho nitro benzene ring substituents is 1. The van der Waals surface area contributed by atoms with Gasteiger partial charge in [0.05, 0.1) is 10.5 Å². The first-order valence-corrected chi connectivity index (χ1v) is 9.71. The molecule has 1 aliphatic heterocycles. The molecule has 1 aromatic rings. The highest BCUT2D eigenvalue weighted by molar-refractivity contribution is 7.99. The smallest absolute Gasteiger partial charge is 0.270 e. The number of nitrogens with zero attached hydrogens (tertiary/aromatic N) is 1. The number of carbonyl (C=O) groups excluding carboxylic acids is 4. The second-order valence-corrected chi connectivity index (χ2v) is 7.60. The van der Waals surface area contributed by atoms with Crippen LogP contribution in [0.4, 0.5) is 5.69 Å². The summed E-state index contributed by atoms with van der Waals surface area (Å²) in [4.78, 5) is 59.7. The molecular formula is C17H21N5O6S. The van der Waals surface area contributed by atoms with E-state index in [1.807, 2.05) is 0 Å². The molecule has 0 saturated carbocycles. The summed E-state index contributed by atoms with van der Waals surface area (Å²) in [6, 6.07) is 0.869. The van der Waals surface area contributed by atoms with E-state index < -0.39 is 46.7 Å². The highest BCUT2D eigenvalue weighted by Gasteiger charge is 2.27. The summed E-state index contributed by atoms with van der Waals surface area (Å²) >= 11 is 1.18. The van der Waals surface area contributed by atoms with Crippen LogP contribution in [-0.2, 0) is 14.4 Å². The SMILES string of the molecule is C[C@@H]1NC(=O)c2cc([N+](=O)[O-])ccc2SCC[C@@H](C(N)=O)NC(=O)[C@H](C)NC1=O. The van der Waals surface area contributed by atoms with E-state index in [4.69, 9.17) is 5.73 Å². The lowest BCUT2D eigenvalue weighted by Crippen LogP contribution is -2.55. The molecule has 0 radical (unpaired) electrons. The number of thioether (sulfide) groups is 1. The van der Waals surface area contributed by atoms with E-state index in [0.29, 0.717) is 10.6 Å². The Morgan fingerprint density at radius 3 is 2.38 bits per heavy atom. The highest BCUT2D eigenvalue weighted by atomic mass is 32.2. The Morgan fingerprint density at radius 2 is 1.76 bits per heavy atom. The summed E-state index contributed by atoms with van der Waals surface area (Å²) in [6.45, 7) is 2.85. The van der Waals surface area contributed by atoms with Crippen molar-refractivity contribution in [2.75, 3.05) is 5.75 Å². The van der Waals surface area contributed by atoms with Crippen molar-refractivity contribution < 1.29 is 24.1 Å². The zero-order valence-corrected chi connectivity index (χ0v) is 16.6. The Kier molecular flexibility index (Phi) is 7.15. The minimum absolute atomic E-state index is 0.0358. The van der Waals surface area contributed by atoms with E-state index in [9.17, 15) is 29.3 Å². The minimum atomic E-state index is -1.01.